The summed E-state index contributed by atoms with van der Waals surface area (Å²) < 4.78 is 5.68. The number of aromatic hydroxyl groups is 1. The summed E-state index contributed by atoms with van der Waals surface area (Å²) in [6, 6.07) is 8.86. The van der Waals surface area contributed by atoms with Crippen molar-refractivity contribution >= 4 is 63.5 Å². The minimum atomic E-state index is -0.572. The maximum atomic E-state index is 13.1. The second kappa shape index (κ2) is 7.88. The van der Waals surface area contributed by atoms with Gasteiger partial charge in [0.1, 0.15) is 5.57 Å². The fourth-order valence-corrected chi connectivity index (χ4v) is 3.88. The second-order valence-electron chi connectivity index (χ2n) is 6.36. The van der Waals surface area contributed by atoms with Crippen LogP contribution in [0.2, 0.25) is 0 Å². The Balaban J connectivity index is 2.07. The number of aryl methyl sites for hydroxylation is 2. The van der Waals surface area contributed by atoms with Crippen LogP contribution in [0.1, 0.15) is 16.7 Å². The molecule has 0 spiro atoms. The Morgan fingerprint density at radius 1 is 1.14 bits per heavy atom. The molecule has 0 saturated carbocycles. The summed E-state index contributed by atoms with van der Waals surface area (Å²) >= 11 is 7.19. The zero-order valence-corrected chi connectivity index (χ0v) is 18.3. The largest absolute Gasteiger partial charge is 0.504 e. The number of benzene rings is 2. The van der Waals surface area contributed by atoms with Gasteiger partial charge in [0.25, 0.3) is 11.8 Å². The molecule has 0 atom stereocenters. The normalized spacial score (nSPS) is 15.8. The van der Waals surface area contributed by atoms with Gasteiger partial charge in [0.2, 0.25) is 0 Å². The van der Waals surface area contributed by atoms with Crippen molar-refractivity contribution in [1.29, 1.82) is 0 Å². The Bertz CT molecular complexity index is 1030. The highest BCUT2D eigenvalue weighted by molar-refractivity contribution is 14.1. The third-order valence-corrected chi connectivity index (χ3v) is 5.25. The van der Waals surface area contributed by atoms with E-state index in [0.29, 0.717) is 14.8 Å². The van der Waals surface area contributed by atoms with Gasteiger partial charge in [-0.25, -0.2) is 0 Å². The van der Waals surface area contributed by atoms with Crippen LogP contribution < -0.4 is 15.0 Å². The maximum absolute atomic E-state index is 13.1. The molecule has 0 radical (unpaired) electrons. The van der Waals surface area contributed by atoms with Crippen LogP contribution in [-0.2, 0) is 9.59 Å². The third-order valence-electron chi connectivity index (χ3n) is 4.15. The van der Waals surface area contributed by atoms with E-state index >= 15 is 0 Å². The van der Waals surface area contributed by atoms with Gasteiger partial charge < -0.3 is 9.84 Å². The van der Waals surface area contributed by atoms with E-state index in [9.17, 15) is 14.7 Å². The molecule has 1 aliphatic rings. The van der Waals surface area contributed by atoms with Crippen LogP contribution in [0.15, 0.2) is 35.9 Å². The van der Waals surface area contributed by atoms with E-state index in [2.05, 4.69) is 5.32 Å². The molecule has 2 N–H and O–H groups in total. The van der Waals surface area contributed by atoms with E-state index in [1.54, 1.807) is 12.1 Å². The predicted molar refractivity (Wildman–Crippen MR) is 119 cm³/mol. The molecule has 28 heavy (non-hydrogen) atoms. The lowest BCUT2D eigenvalue weighted by Gasteiger charge is -2.29. The number of thiocarbonyl (C=S) groups is 1. The number of hydrogen-bond acceptors (Lipinski definition) is 5. The first-order valence-corrected chi connectivity index (χ1v) is 9.76. The van der Waals surface area contributed by atoms with Crippen LogP contribution in [0.4, 0.5) is 5.69 Å². The number of carbonyl (C=O) groups is 2. The first-order valence-electron chi connectivity index (χ1n) is 8.27. The second-order valence-corrected chi connectivity index (χ2v) is 7.91. The van der Waals surface area contributed by atoms with Crippen LogP contribution in [0, 0.1) is 17.4 Å². The summed E-state index contributed by atoms with van der Waals surface area (Å²) in [5.74, 6) is -0.828. The minimum absolute atomic E-state index is 0.00251. The van der Waals surface area contributed by atoms with E-state index in [1.807, 2.05) is 54.6 Å². The molecule has 144 valence electrons. The van der Waals surface area contributed by atoms with Gasteiger partial charge in [-0.15, -0.1) is 0 Å². The smallest absolute Gasteiger partial charge is 0.270 e. The van der Waals surface area contributed by atoms with Crippen LogP contribution in [0.5, 0.6) is 11.5 Å². The van der Waals surface area contributed by atoms with E-state index in [-0.39, 0.29) is 22.2 Å². The topological polar surface area (TPSA) is 78.9 Å². The highest BCUT2D eigenvalue weighted by atomic mass is 127. The number of nitrogens with one attached hydrogen (secondary N) is 1. The molecular formula is C20H17IN2O4S. The van der Waals surface area contributed by atoms with Gasteiger partial charge in [-0.05, 0) is 95.7 Å². The fourth-order valence-electron chi connectivity index (χ4n) is 2.97. The molecule has 1 heterocycles. The average molecular weight is 508 g/mol. The zero-order valence-electron chi connectivity index (χ0n) is 15.4. The van der Waals surface area contributed by atoms with Crippen molar-refractivity contribution in [3.63, 3.8) is 0 Å². The summed E-state index contributed by atoms with van der Waals surface area (Å²) in [7, 11) is 1.43. The van der Waals surface area contributed by atoms with Crippen molar-refractivity contribution in [3.8, 4) is 11.5 Å². The third kappa shape index (κ3) is 3.88. The Morgan fingerprint density at radius 2 is 1.79 bits per heavy atom. The highest BCUT2D eigenvalue weighted by Gasteiger charge is 2.34. The molecule has 8 heteroatoms. The molecule has 6 nitrogen and oxygen atoms in total. The molecule has 0 aromatic heterocycles. The van der Waals surface area contributed by atoms with E-state index in [4.69, 9.17) is 17.0 Å². The average Bonchev–Trinajstić information content (AvgIpc) is 2.60. The summed E-state index contributed by atoms with van der Waals surface area (Å²) in [4.78, 5) is 26.9. The maximum Gasteiger partial charge on any atom is 0.270 e. The van der Waals surface area contributed by atoms with Gasteiger partial charge >= 0.3 is 0 Å². The lowest BCUT2D eigenvalue weighted by atomic mass is 10.1. The van der Waals surface area contributed by atoms with Crippen molar-refractivity contribution in [1.82, 2.24) is 5.32 Å². The lowest BCUT2D eigenvalue weighted by molar-refractivity contribution is -0.122. The number of nitrogens with zero attached hydrogens (tertiary/aromatic N) is 1. The number of rotatable bonds is 3. The predicted octanol–water partition coefficient (Wildman–Crippen LogP) is 3.45. The number of phenols is 1. The minimum Gasteiger partial charge on any atom is -0.504 e. The summed E-state index contributed by atoms with van der Waals surface area (Å²) in [5, 5.41) is 12.6. The number of amides is 2. The van der Waals surface area contributed by atoms with Crippen molar-refractivity contribution in [2.45, 2.75) is 13.8 Å². The SMILES string of the molecule is COc1cc(/C=C2\C(=O)NC(=S)N(c3cc(C)cc(C)c3)C2=O)cc(I)c1O. The number of phenolic OH excluding ortho intramolecular Hbond substituents is 1. The number of hydrogen-bond donors (Lipinski definition) is 2. The number of anilines is 1. The number of carbonyl (C=O) groups excluding carboxylic acids is 2. The Kier molecular flexibility index (Phi) is 5.71. The van der Waals surface area contributed by atoms with Gasteiger partial charge in [0, 0.05) is 0 Å². The molecule has 1 saturated heterocycles. The molecule has 2 aromatic rings. The summed E-state index contributed by atoms with van der Waals surface area (Å²) in [6.45, 7) is 3.85. The van der Waals surface area contributed by atoms with E-state index in [1.165, 1.54) is 18.1 Å². The molecule has 0 bridgehead atoms. The lowest BCUT2D eigenvalue weighted by Crippen LogP contribution is -2.54. The zero-order chi connectivity index (χ0) is 20.6. The standard InChI is InChI=1S/C20H17IN2O4S/c1-10-4-11(2)6-13(5-10)23-19(26)14(18(25)22-20(23)28)7-12-8-15(21)17(24)16(9-12)27-3/h4-9,24H,1-3H3,(H,22,25,28)/b14-7+. The highest BCUT2D eigenvalue weighted by Crippen LogP contribution is 2.33. The first-order chi connectivity index (χ1) is 13.2. The van der Waals surface area contributed by atoms with Gasteiger partial charge in [0.05, 0.1) is 16.4 Å². The molecule has 2 amide bonds. The Morgan fingerprint density at radius 3 is 2.39 bits per heavy atom. The number of halogens is 1. The molecule has 2 aromatic carbocycles. The van der Waals surface area contributed by atoms with E-state index in [0.717, 1.165) is 11.1 Å². The van der Waals surface area contributed by atoms with Crippen LogP contribution in [0.3, 0.4) is 0 Å². The Labute approximate surface area is 181 Å². The van der Waals surface area contributed by atoms with Crippen LogP contribution in [-0.4, -0.2) is 29.1 Å². The van der Waals surface area contributed by atoms with Crippen molar-refractivity contribution in [2.24, 2.45) is 0 Å². The van der Waals surface area contributed by atoms with Crippen LogP contribution >= 0.6 is 34.8 Å². The summed E-state index contributed by atoms with van der Waals surface area (Å²) in [5.41, 5.74) is 3.04. The van der Waals surface area contributed by atoms with Crippen molar-refractivity contribution < 1.29 is 19.4 Å². The van der Waals surface area contributed by atoms with Crippen molar-refractivity contribution in [3.05, 3.63) is 56.2 Å². The molecule has 3 rings (SSSR count). The summed E-state index contributed by atoms with van der Waals surface area (Å²) in [6.07, 6.45) is 1.46. The fraction of sp³-hybridized carbons (Fsp3) is 0.150. The molecule has 0 unspecified atom stereocenters. The number of methoxy groups -OCH3 is 1. The molecule has 1 aliphatic heterocycles. The van der Waals surface area contributed by atoms with Crippen LogP contribution in [0.25, 0.3) is 6.08 Å². The van der Waals surface area contributed by atoms with Gasteiger partial charge in [-0.2, -0.15) is 0 Å². The van der Waals surface area contributed by atoms with Gasteiger partial charge in [-0.1, -0.05) is 6.07 Å². The van der Waals surface area contributed by atoms with Gasteiger partial charge in [-0.3, -0.25) is 19.8 Å². The molecular weight excluding hydrogens is 491 g/mol. The molecule has 0 aliphatic carbocycles. The monoisotopic (exact) mass is 508 g/mol. The first kappa shape index (κ1) is 20.3. The van der Waals surface area contributed by atoms with E-state index < -0.39 is 11.8 Å². The number of ether oxygens (including phenoxy) is 1. The van der Waals surface area contributed by atoms with Crippen molar-refractivity contribution in [2.75, 3.05) is 12.0 Å². The Hall–Kier alpha value is -2.46. The van der Waals surface area contributed by atoms with Gasteiger partial charge in [0.15, 0.2) is 16.6 Å². The quantitative estimate of drug-likeness (QED) is 0.288. The molecule has 1 fully saturated rings.